The molecule has 2 N–H and O–H groups in total. The number of benzene rings is 3. The Kier molecular flexibility index (Phi) is 6.82. The second-order valence-corrected chi connectivity index (χ2v) is 8.56. The molecule has 0 fully saturated rings. The van der Waals surface area contributed by atoms with Crippen LogP contribution in [0.1, 0.15) is 30.9 Å². The lowest BCUT2D eigenvalue weighted by atomic mass is 10.0. The van der Waals surface area contributed by atoms with Gasteiger partial charge in [-0.25, -0.2) is 0 Å². The molecule has 166 valence electrons. The van der Waals surface area contributed by atoms with Crippen LogP contribution in [0.3, 0.4) is 0 Å². The van der Waals surface area contributed by atoms with E-state index in [4.69, 9.17) is 23.8 Å². The smallest absolute Gasteiger partial charge is 0.250 e. The lowest BCUT2D eigenvalue weighted by molar-refractivity contribution is -0.115. The number of nitrogens with one attached hydrogen (secondary N) is 2. The van der Waals surface area contributed by atoms with Crippen LogP contribution >= 0.6 is 23.8 Å². The van der Waals surface area contributed by atoms with Gasteiger partial charge in [0.25, 0.3) is 0 Å². The molecule has 0 aliphatic rings. The fourth-order valence-corrected chi connectivity index (χ4v) is 3.60. The van der Waals surface area contributed by atoms with Crippen molar-refractivity contribution in [3.8, 4) is 5.69 Å². The maximum Gasteiger partial charge on any atom is 0.250 e. The Morgan fingerprint density at radius 3 is 2.36 bits per heavy atom. The summed E-state index contributed by atoms with van der Waals surface area (Å²) in [5, 5.41) is 15.1. The summed E-state index contributed by atoms with van der Waals surface area (Å²) in [6, 6.07) is 21.1. The predicted molar refractivity (Wildman–Crippen MR) is 138 cm³/mol. The van der Waals surface area contributed by atoms with Gasteiger partial charge in [0.05, 0.1) is 16.4 Å². The Labute approximate surface area is 202 Å². The lowest BCUT2D eigenvalue weighted by Gasteiger charge is -2.09. The number of carbonyl (C=O) groups excluding carboxylic acids is 1. The largest absolute Gasteiger partial charge is 0.331 e. The number of hydrogen-bond acceptors (Lipinski definition) is 4. The third-order valence-electron chi connectivity index (χ3n) is 4.97. The van der Waals surface area contributed by atoms with Gasteiger partial charge in [-0.05, 0) is 59.6 Å². The summed E-state index contributed by atoms with van der Waals surface area (Å²) in [5.74, 6) is 0.122. The number of thiocarbonyl (C=S) groups is 1. The first-order valence-corrected chi connectivity index (χ1v) is 11.2. The van der Waals surface area contributed by atoms with E-state index >= 15 is 0 Å². The fraction of sp³-hybridized carbons (Fsp3) is 0.120. The zero-order chi connectivity index (χ0) is 23.4. The summed E-state index contributed by atoms with van der Waals surface area (Å²) in [7, 11) is 0. The molecule has 1 heterocycles. The Morgan fingerprint density at radius 1 is 1.03 bits per heavy atom. The van der Waals surface area contributed by atoms with Gasteiger partial charge in [-0.15, -0.1) is 10.2 Å². The van der Waals surface area contributed by atoms with Gasteiger partial charge in [0, 0.05) is 6.08 Å². The van der Waals surface area contributed by atoms with Crippen molar-refractivity contribution in [2.24, 2.45) is 0 Å². The summed E-state index contributed by atoms with van der Waals surface area (Å²) in [6.45, 7) is 4.28. The second-order valence-electron chi connectivity index (χ2n) is 7.74. The highest BCUT2D eigenvalue weighted by Gasteiger charge is 2.11. The molecule has 1 aromatic heterocycles. The summed E-state index contributed by atoms with van der Waals surface area (Å²) in [5.41, 5.74) is 4.85. The number of halogens is 1. The van der Waals surface area contributed by atoms with Crippen LogP contribution in [0.15, 0.2) is 72.8 Å². The van der Waals surface area contributed by atoms with Crippen LogP contribution < -0.4 is 10.6 Å². The molecule has 0 bridgehead atoms. The van der Waals surface area contributed by atoms with Crippen molar-refractivity contribution in [2.75, 3.05) is 5.32 Å². The molecule has 0 saturated heterocycles. The number of aromatic nitrogens is 3. The maximum absolute atomic E-state index is 12.3. The number of fused-ring (bicyclic) bond motifs is 1. The standard InChI is InChI=1S/C25H22ClN5OS/c1-16(2)18-11-8-17(9-12-18)10-13-24(32)28-25(33)27-21-15-23-22(14-20(21)26)29-31(30-23)19-6-4-3-5-7-19/h3-16H,1-2H3,(H2,27,28,32,33)/b13-10+. The first kappa shape index (κ1) is 22.6. The van der Waals surface area contributed by atoms with Crippen molar-refractivity contribution in [3.05, 3.63) is 89.0 Å². The highest BCUT2D eigenvalue weighted by atomic mass is 35.5. The van der Waals surface area contributed by atoms with Gasteiger partial charge in [0.1, 0.15) is 11.0 Å². The Morgan fingerprint density at radius 2 is 1.70 bits per heavy atom. The minimum Gasteiger partial charge on any atom is -0.331 e. The Hall–Kier alpha value is -3.55. The maximum atomic E-state index is 12.3. The minimum absolute atomic E-state index is 0.136. The van der Waals surface area contributed by atoms with Gasteiger partial charge < -0.3 is 5.32 Å². The fourth-order valence-electron chi connectivity index (χ4n) is 3.18. The number of para-hydroxylation sites is 1. The SMILES string of the molecule is CC(C)c1ccc(/C=C/C(=O)NC(=S)Nc2cc3nn(-c4ccccc4)nc3cc2Cl)cc1. The molecule has 3 aromatic carbocycles. The highest BCUT2D eigenvalue weighted by molar-refractivity contribution is 7.80. The molecule has 0 spiro atoms. The van der Waals surface area contributed by atoms with Gasteiger partial charge >= 0.3 is 0 Å². The quantitative estimate of drug-likeness (QED) is 0.285. The number of amides is 1. The molecule has 0 radical (unpaired) electrons. The summed E-state index contributed by atoms with van der Waals surface area (Å²) in [4.78, 5) is 13.8. The van der Waals surface area contributed by atoms with Crippen LogP contribution in [0.4, 0.5) is 5.69 Å². The Balaban J connectivity index is 1.41. The van der Waals surface area contributed by atoms with E-state index in [9.17, 15) is 4.79 Å². The van der Waals surface area contributed by atoms with E-state index < -0.39 is 0 Å². The van der Waals surface area contributed by atoms with Crippen LogP contribution in [-0.4, -0.2) is 26.0 Å². The molecule has 1 amide bonds. The van der Waals surface area contributed by atoms with Crippen LogP contribution in [0.2, 0.25) is 5.02 Å². The van der Waals surface area contributed by atoms with Crippen LogP contribution in [0, 0.1) is 0 Å². The van der Waals surface area contributed by atoms with E-state index in [0.717, 1.165) is 11.3 Å². The summed E-state index contributed by atoms with van der Waals surface area (Å²) in [6.07, 6.45) is 3.18. The lowest BCUT2D eigenvalue weighted by Crippen LogP contribution is -2.32. The van der Waals surface area contributed by atoms with E-state index in [-0.39, 0.29) is 11.0 Å². The molecular weight excluding hydrogens is 454 g/mol. The van der Waals surface area contributed by atoms with Crippen LogP contribution in [0.25, 0.3) is 22.8 Å². The molecule has 4 rings (SSSR count). The normalized spacial score (nSPS) is 11.3. The van der Waals surface area contributed by atoms with Crippen molar-refractivity contribution in [3.63, 3.8) is 0 Å². The molecule has 33 heavy (non-hydrogen) atoms. The summed E-state index contributed by atoms with van der Waals surface area (Å²) >= 11 is 11.7. The molecule has 8 heteroatoms. The first-order chi connectivity index (χ1) is 15.9. The van der Waals surface area contributed by atoms with E-state index in [1.807, 2.05) is 42.5 Å². The van der Waals surface area contributed by atoms with Gasteiger partial charge in [0.2, 0.25) is 5.91 Å². The monoisotopic (exact) mass is 475 g/mol. The average Bonchev–Trinajstić information content (AvgIpc) is 3.21. The zero-order valence-corrected chi connectivity index (χ0v) is 19.7. The molecule has 0 aliphatic carbocycles. The molecule has 0 unspecified atom stereocenters. The van der Waals surface area contributed by atoms with Gasteiger partial charge in [-0.3, -0.25) is 10.1 Å². The number of carbonyl (C=O) groups is 1. The molecular formula is C25H22ClN5OS. The molecule has 0 aliphatic heterocycles. The molecule has 0 atom stereocenters. The van der Waals surface area contributed by atoms with E-state index in [0.29, 0.717) is 27.7 Å². The Bertz CT molecular complexity index is 1330. The van der Waals surface area contributed by atoms with Gasteiger partial charge in [0.15, 0.2) is 5.11 Å². The van der Waals surface area contributed by atoms with Crippen molar-refractivity contribution in [1.82, 2.24) is 20.3 Å². The highest BCUT2D eigenvalue weighted by Crippen LogP contribution is 2.27. The van der Waals surface area contributed by atoms with E-state index in [1.54, 1.807) is 23.0 Å². The predicted octanol–water partition coefficient (Wildman–Crippen LogP) is 5.72. The van der Waals surface area contributed by atoms with Crippen LogP contribution in [-0.2, 0) is 4.79 Å². The van der Waals surface area contributed by atoms with Gasteiger partial charge in [-0.2, -0.15) is 4.80 Å². The number of rotatable bonds is 5. The third-order valence-corrected chi connectivity index (χ3v) is 5.49. The number of hydrogen-bond donors (Lipinski definition) is 2. The van der Waals surface area contributed by atoms with E-state index in [1.165, 1.54) is 11.6 Å². The first-order valence-electron chi connectivity index (χ1n) is 10.4. The van der Waals surface area contributed by atoms with Gasteiger partial charge in [-0.1, -0.05) is 67.9 Å². The topological polar surface area (TPSA) is 71.8 Å². The minimum atomic E-state index is -0.340. The van der Waals surface area contributed by atoms with Crippen molar-refractivity contribution in [1.29, 1.82) is 0 Å². The second kappa shape index (κ2) is 9.94. The number of nitrogens with zero attached hydrogens (tertiary/aromatic N) is 3. The number of anilines is 1. The zero-order valence-electron chi connectivity index (χ0n) is 18.1. The molecule has 6 nitrogen and oxygen atoms in total. The van der Waals surface area contributed by atoms with Crippen molar-refractivity contribution >= 4 is 57.6 Å². The van der Waals surface area contributed by atoms with Crippen molar-refractivity contribution in [2.45, 2.75) is 19.8 Å². The molecule has 0 saturated carbocycles. The van der Waals surface area contributed by atoms with Crippen molar-refractivity contribution < 1.29 is 4.79 Å². The van der Waals surface area contributed by atoms with Crippen LogP contribution in [0.5, 0.6) is 0 Å². The average molecular weight is 476 g/mol. The molecule has 4 aromatic rings. The third kappa shape index (κ3) is 5.63. The van der Waals surface area contributed by atoms with E-state index in [2.05, 4.69) is 46.8 Å². The summed E-state index contributed by atoms with van der Waals surface area (Å²) < 4.78 is 0.